The van der Waals surface area contributed by atoms with Gasteiger partial charge in [0.25, 0.3) is 0 Å². The summed E-state index contributed by atoms with van der Waals surface area (Å²) in [4.78, 5) is 1.23. The number of nitrogens with zero attached hydrogens (tertiary/aromatic N) is 1. The van der Waals surface area contributed by atoms with Gasteiger partial charge in [-0.2, -0.15) is 0 Å². The first-order valence-corrected chi connectivity index (χ1v) is 8.31. The highest BCUT2D eigenvalue weighted by Gasteiger charge is 2.29. The largest absolute Gasteiger partial charge is 0.399 e. The molecular formula is C13H19F2N3O2S. The van der Waals surface area contributed by atoms with E-state index in [1.807, 2.05) is 6.92 Å². The summed E-state index contributed by atoms with van der Waals surface area (Å²) in [7, 11) is -4.24. The predicted octanol–water partition coefficient (Wildman–Crippen LogP) is 1.31. The molecule has 0 saturated carbocycles. The van der Waals surface area contributed by atoms with Gasteiger partial charge in [0.2, 0.25) is 10.0 Å². The third-order valence-corrected chi connectivity index (χ3v) is 5.22. The first-order chi connectivity index (χ1) is 9.83. The summed E-state index contributed by atoms with van der Waals surface area (Å²) in [5.74, 6) is -2.35. The van der Waals surface area contributed by atoms with E-state index in [9.17, 15) is 17.2 Å². The number of hydrogen-bond donors (Lipinski definition) is 2. The molecular weight excluding hydrogens is 300 g/mol. The zero-order chi connectivity index (χ0) is 15.6. The SMILES string of the molecule is CCN1CCC(NS(=O)(=O)c2c(F)cc(N)cc2F)CC1. The zero-order valence-electron chi connectivity index (χ0n) is 11.8. The van der Waals surface area contributed by atoms with Crippen LogP contribution in [0.2, 0.25) is 0 Å². The van der Waals surface area contributed by atoms with Crippen molar-refractivity contribution in [2.24, 2.45) is 0 Å². The smallest absolute Gasteiger partial charge is 0.246 e. The molecule has 0 aromatic heterocycles. The molecule has 0 spiro atoms. The highest BCUT2D eigenvalue weighted by Crippen LogP contribution is 2.23. The number of nitrogens with two attached hydrogens (primary N) is 1. The number of anilines is 1. The quantitative estimate of drug-likeness (QED) is 0.821. The number of likely N-dealkylation sites (tertiary alicyclic amines) is 1. The van der Waals surface area contributed by atoms with Gasteiger partial charge in [0.1, 0.15) is 11.6 Å². The second-order valence-electron chi connectivity index (χ2n) is 5.14. The van der Waals surface area contributed by atoms with Gasteiger partial charge in [-0.1, -0.05) is 6.92 Å². The third-order valence-electron chi connectivity index (χ3n) is 3.65. The summed E-state index contributed by atoms with van der Waals surface area (Å²) in [6, 6.07) is 1.29. The molecule has 21 heavy (non-hydrogen) atoms. The van der Waals surface area contributed by atoms with E-state index >= 15 is 0 Å². The van der Waals surface area contributed by atoms with E-state index in [4.69, 9.17) is 5.73 Å². The first kappa shape index (κ1) is 16.1. The van der Waals surface area contributed by atoms with Crippen molar-refractivity contribution in [1.82, 2.24) is 9.62 Å². The Labute approximate surface area is 123 Å². The molecule has 1 aliphatic heterocycles. The van der Waals surface area contributed by atoms with Gasteiger partial charge < -0.3 is 10.6 Å². The lowest BCUT2D eigenvalue weighted by Gasteiger charge is -2.31. The number of hydrogen-bond acceptors (Lipinski definition) is 4. The van der Waals surface area contributed by atoms with Crippen LogP contribution in [0.1, 0.15) is 19.8 Å². The normalized spacial score (nSPS) is 18.0. The molecule has 1 aromatic rings. The summed E-state index contributed by atoms with van der Waals surface area (Å²) in [6.07, 6.45) is 1.23. The summed E-state index contributed by atoms with van der Waals surface area (Å²) >= 11 is 0. The van der Waals surface area contributed by atoms with Crippen LogP contribution in [0.4, 0.5) is 14.5 Å². The van der Waals surface area contributed by atoms with Crippen LogP contribution < -0.4 is 10.5 Å². The van der Waals surface area contributed by atoms with Crippen molar-refractivity contribution >= 4 is 15.7 Å². The number of nitrogens with one attached hydrogen (secondary N) is 1. The molecule has 2 rings (SSSR count). The van der Waals surface area contributed by atoms with Crippen molar-refractivity contribution in [2.75, 3.05) is 25.4 Å². The average Bonchev–Trinajstić information content (AvgIpc) is 2.37. The van der Waals surface area contributed by atoms with Crippen LogP contribution in [0.25, 0.3) is 0 Å². The molecule has 3 N–H and O–H groups in total. The summed E-state index contributed by atoms with van der Waals surface area (Å²) < 4.78 is 54.2. The van der Waals surface area contributed by atoms with E-state index in [2.05, 4.69) is 9.62 Å². The fourth-order valence-corrected chi connectivity index (χ4v) is 3.91. The van der Waals surface area contributed by atoms with Crippen molar-refractivity contribution in [2.45, 2.75) is 30.7 Å². The van der Waals surface area contributed by atoms with Crippen LogP contribution in [0.3, 0.4) is 0 Å². The first-order valence-electron chi connectivity index (χ1n) is 6.82. The molecule has 5 nitrogen and oxygen atoms in total. The second-order valence-corrected chi connectivity index (χ2v) is 6.79. The molecule has 0 atom stereocenters. The number of nitrogen functional groups attached to an aromatic ring is 1. The standard InChI is InChI=1S/C13H19F2N3O2S/c1-2-18-5-3-10(4-6-18)17-21(19,20)13-11(14)7-9(16)8-12(13)15/h7-8,10,17H,2-6,16H2,1H3. The van der Waals surface area contributed by atoms with Crippen LogP contribution in [-0.4, -0.2) is 39.0 Å². The minimum Gasteiger partial charge on any atom is -0.399 e. The Kier molecular flexibility index (Phi) is 4.80. The fraction of sp³-hybridized carbons (Fsp3) is 0.538. The molecule has 0 unspecified atom stereocenters. The number of benzene rings is 1. The molecule has 118 valence electrons. The Morgan fingerprint density at radius 2 is 1.81 bits per heavy atom. The van der Waals surface area contributed by atoms with Crippen LogP contribution in [0.15, 0.2) is 17.0 Å². The number of halogens is 2. The van der Waals surface area contributed by atoms with Gasteiger partial charge in [-0.15, -0.1) is 0 Å². The Balaban J connectivity index is 2.16. The Hall–Kier alpha value is -1.25. The van der Waals surface area contributed by atoms with Crippen molar-refractivity contribution in [1.29, 1.82) is 0 Å². The Morgan fingerprint density at radius 1 is 1.29 bits per heavy atom. The Bertz CT molecular complexity index is 591. The van der Waals surface area contributed by atoms with Gasteiger partial charge in [0.15, 0.2) is 4.90 Å². The summed E-state index contributed by atoms with van der Waals surface area (Å²) in [5.41, 5.74) is 5.13. The van der Waals surface area contributed by atoms with Crippen molar-refractivity contribution in [3.8, 4) is 0 Å². The molecule has 1 aromatic carbocycles. The average molecular weight is 319 g/mol. The molecule has 1 heterocycles. The van der Waals surface area contributed by atoms with Crippen LogP contribution in [0.5, 0.6) is 0 Å². The lowest BCUT2D eigenvalue weighted by Crippen LogP contribution is -2.44. The lowest BCUT2D eigenvalue weighted by molar-refractivity contribution is 0.217. The van der Waals surface area contributed by atoms with Crippen LogP contribution in [0, 0.1) is 11.6 Å². The van der Waals surface area contributed by atoms with E-state index in [1.54, 1.807) is 0 Å². The van der Waals surface area contributed by atoms with Gasteiger partial charge in [-0.25, -0.2) is 21.9 Å². The Morgan fingerprint density at radius 3 is 2.29 bits per heavy atom. The molecule has 0 amide bonds. The van der Waals surface area contributed by atoms with Gasteiger partial charge in [0, 0.05) is 11.7 Å². The minimum absolute atomic E-state index is 0.153. The van der Waals surface area contributed by atoms with Crippen molar-refractivity contribution < 1.29 is 17.2 Å². The maximum absolute atomic E-state index is 13.7. The van der Waals surface area contributed by atoms with Crippen molar-refractivity contribution in [3.63, 3.8) is 0 Å². The number of rotatable bonds is 4. The summed E-state index contributed by atoms with van der Waals surface area (Å²) in [6.45, 7) is 4.46. The zero-order valence-corrected chi connectivity index (χ0v) is 12.6. The van der Waals surface area contributed by atoms with Crippen LogP contribution >= 0.6 is 0 Å². The lowest BCUT2D eigenvalue weighted by atomic mass is 10.1. The molecule has 0 bridgehead atoms. The van der Waals surface area contributed by atoms with Gasteiger partial charge in [0.05, 0.1) is 0 Å². The molecule has 0 radical (unpaired) electrons. The van der Waals surface area contributed by atoms with Gasteiger partial charge in [-0.05, 0) is 44.6 Å². The van der Waals surface area contributed by atoms with Gasteiger partial charge >= 0.3 is 0 Å². The van der Waals surface area contributed by atoms with Crippen LogP contribution in [-0.2, 0) is 10.0 Å². The molecule has 0 aliphatic carbocycles. The maximum Gasteiger partial charge on any atom is 0.246 e. The highest BCUT2D eigenvalue weighted by molar-refractivity contribution is 7.89. The van der Waals surface area contributed by atoms with E-state index < -0.39 is 26.6 Å². The van der Waals surface area contributed by atoms with E-state index in [0.29, 0.717) is 12.8 Å². The fourth-order valence-electron chi connectivity index (χ4n) is 2.48. The van der Waals surface area contributed by atoms with Gasteiger partial charge in [-0.3, -0.25) is 0 Å². The van der Waals surface area contributed by atoms with E-state index in [1.165, 1.54) is 0 Å². The molecule has 8 heteroatoms. The van der Waals surface area contributed by atoms with Crippen molar-refractivity contribution in [3.05, 3.63) is 23.8 Å². The molecule has 1 fully saturated rings. The minimum atomic E-state index is -4.24. The van der Waals surface area contributed by atoms with E-state index in [0.717, 1.165) is 31.8 Å². The second kappa shape index (κ2) is 6.25. The molecule has 1 saturated heterocycles. The number of sulfonamides is 1. The predicted molar refractivity (Wildman–Crippen MR) is 76.2 cm³/mol. The number of piperidine rings is 1. The summed E-state index contributed by atoms with van der Waals surface area (Å²) in [5, 5.41) is 0. The monoisotopic (exact) mass is 319 g/mol. The third kappa shape index (κ3) is 3.69. The maximum atomic E-state index is 13.7. The topological polar surface area (TPSA) is 75.4 Å². The van der Waals surface area contributed by atoms with E-state index in [-0.39, 0.29) is 11.7 Å². The molecule has 1 aliphatic rings. The highest BCUT2D eigenvalue weighted by atomic mass is 32.2.